The Hall–Kier alpha value is -2.11. The minimum atomic E-state index is -0.561. The molecule has 1 aromatic rings. The molecule has 0 bridgehead atoms. The number of ether oxygens (including phenoxy) is 3. The number of carbonyl (C=O) groups excluding carboxylic acids is 1. The lowest BCUT2D eigenvalue weighted by Crippen LogP contribution is -2.35. The van der Waals surface area contributed by atoms with E-state index in [9.17, 15) is 4.79 Å². The molecule has 6 nitrogen and oxygen atoms in total. The number of benzene rings is 1. The molecule has 0 saturated heterocycles. The number of methoxy groups -OCH3 is 2. The fourth-order valence-corrected chi connectivity index (χ4v) is 1.31. The number of amides is 1. The zero-order chi connectivity index (χ0) is 14.5. The molecule has 0 spiro atoms. The Bertz CT molecular complexity index is 419. The van der Waals surface area contributed by atoms with Crippen molar-refractivity contribution in [3.8, 4) is 11.5 Å². The monoisotopic (exact) mass is 268 g/mol. The first-order chi connectivity index (χ1) is 8.84. The van der Waals surface area contributed by atoms with Gasteiger partial charge < -0.3 is 14.2 Å². The summed E-state index contributed by atoms with van der Waals surface area (Å²) in [6.45, 7) is 5.38. The molecule has 0 aromatic heterocycles. The van der Waals surface area contributed by atoms with E-state index in [1.54, 1.807) is 53.2 Å². The van der Waals surface area contributed by atoms with Crippen LogP contribution in [0.25, 0.3) is 0 Å². The quantitative estimate of drug-likeness (QED) is 0.821. The van der Waals surface area contributed by atoms with E-state index < -0.39 is 11.7 Å². The molecule has 2 N–H and O–H groups in total. The molecule has 0 saturated carbocycles. The van der Waals surface area contributed by atoms with Gasteiger partial charge in [-0.3, -0.25) is 5.43 Å². The third-order valence-electron chi connectivity index (χ3n) is 2.06. The molecule has 1 amide bonds. The van der Waals surface area contributed by atoms with Gasteiger partial charge >= 0.3 is 6.09 Å². The van der Waals surface area contributed by atoms with E-state index in [4.69, 9.17) is 14.2 Å². The van der Waals surface area contributed by atoms with Crippen molar-refractivity contribution >= 4 is 11.8 Å². The van der Waals surface area contributed by atoms with Gasteiger partial charge in [0.2, 0.25) is 0 Å². The zero-order valence-corrected chi connectivity index (χ0v) is 11.9. The molecule has 0 aliphatic rings. The van der Waals surface area contributed by atoms with E-state index in [1.807, 2.05) is 0 Å². The van der Waals surface area contributed by atoms with Crippen molar-refractivity contribution in [3.05, 3.63) is 18.2 Å². The van der Waals surface area contributed by atoms with E-state index in [0.29, 0.717) is 17.2 Å². The van der Waals surface area contributed by atoms with Crippen molar-refractivity contribution in [1.29, 1.82) is 0 Å². The minimum absolute atomic E-state index is 0.544. The van der Waals surface area contributed by atoms with Gasteiger partial charge in [0, 0.05) is 18.2 Å². The van der Waals surface area contributed by atoms with Gasteiger partial charge in [-0.05, 0) is 20.8 Å². The van der Waals surface area contributed by atoms with Crippen molar-refractivity contribution in [2.75, 3.05) is 19.6 Å². The molecule has 0 aliphatic heterocycles. The lowest BCUT2D eigenvalue weighted by atomic mass is 10.2. The van der Waals surface area contributed by atoms with Crippen LogP contribution < -0.4 is 20.3 Å². The first-order valence-corrected chi connectivity index (χ1v) is 5.82. The maximum absolute atomic E-state index is 11.5. The van der Waals surface area contributed by atoms with Crippen molar-refractivity contribution in [3.63, 3.8) is 0 Å². The topological polar surface area (TPSA) is 68.8 Å². The van der Waals surface area contributed by atoms with Crippen LogP contribution in [0.1, 0.15) is 20.8 Å². The number of nitrogens with one attached hydrogen (secondary N) is 2. The molecule has 0 unspecified atom stereocenters. The summed E-state index contributed by atoms with van der Waals surface area (Å²) in [7, 11) is 3.11. The third kappa shape index (κ3) is 5.37. The van der Waals surface area contributed by atoms with Crippen LogP contribution in [-0.2, 0) is 4.74 Å². The van der Waals surface area contributed by atoms with E-state index >= 15 is 0 Å². The Morgan fingerprint density at radius 2 is 1.58 bits per heavy atom. The summed E-state index contributed by atoms with van der Waals surface area (Å²) >= 11 is 0. The SMILES string of the molecule is COc1cc(NNC(=O)OC(C)(C)C)cc(OC)c1. The summed E-state index contributed by atoms with van der Waals surface area (Å²) in [5, 5.41) is 0. The van der Waals surface area contributed by atoms with E-state index in [-0.39, 0.29) is 0 Å². The molecule has 6 heteroatoms. The van der Waals surface area contributed by atoms with E-state index in [2.05, 4.69) is 10.9 Å². The highest BCUT2D eigenvalue weighted by Crippen LogP contribution is 2.25. The van der Waals surface area contributed by atoms with Gasteiger partial charge in [0.25, 0.3) is 0 Å². The fourth-order valence-electron chi connectivity index (χ4n) is 1.31. The summed E-state index contributed by atoms with van der Waals surface area (Å²) in [6, 6.07) is 5.18. The minimum Gasteiger partial charge on any atom is -0.497 e. The molecule has 1 aromatic carbocycles. The predicted molar refractivity (Wildman–Crippen MR) is 72.5 cm³/mol. The van der Waals surface area contributed by atoms with Crippen molar-refractivity contribution in [2.24, 2.45) is 0 Å². The van der Waals surface area contributed by atoms with Gasteiger partial charge in [-0.1, -0.05) is 0 Å². The average molecular weight is 268 g/mol. The predicted octanol–water partition coefficient (Wildman–Crippen LogP) is 2.56. The third-order valence-corrected chi connectivity index (χ3v) is 2.06. The summed E-state index contributed by atoms with van der Waals surface area (Å²) in [5.41, 5.74) is 5.25. The zero-order valence-electron chi connectivity index (χ0n) is 11.9. The summed E-state index contributed by atoms with van der Waals surface area (Å²) < 4.78 is 15.3. The molecular formula is C13H20N2O4. The van der Waals surface area contributed by atoms with Crippen LogP contribution in [0.2, 0.25) is 0 Å². The molecule has 106 valence electrons. The number of hydrogen-bond acceptors (Lipinski definition) is 5. The molecule has 0 atom stereocenters. The highest BCUT2D eigenvalue weighted by atomic mass is 16.6. The summed E-state index contributed by atoms with van der Waals surface area (Å²) in [6.07, 6.45) is -0.561. The van der Waals surface area contributed by atoms with Crippen LogP contribution in [0.3, 0.4) is 0 Å². The van der Waals surface area contributed by atoms with Crippen molar-refractivity contribution < 1.29 is 19.0 Å². The maximum Gasteiger partial charge on any atom is 0.426 e. The summed E-state index contributed by atoms with van der Waals surface area (Å²) in [5.74, 6) is 1.24. The number of rotatable bonds is 4. The molecular weight excluding hydrogens is 248 g/mol. The van der Waals surface area contributed by atoms with Crippen LogP contribution in [0.15, 0.2) is 18.2 Å². The maximum atomic E-state index is 11.5. The number of hydrogen-bond donors (Lipinski definition) is 2. The smallest absolute Gasteiger partial charge is 0.426 e. The molecule has 0 heterocycles. The molecule has 0 aliphatic carbocycles. The number of hydrazine groups is 1. The molecule has 0 fully saturated rings. The van der Waals surface area contributed by atoms with Crippen LogP contribution in [0.5, 0.6) is 11.5 Å². The lowest BCUT2D eigenvalue weighted by molar-refractivity contribution is 0.0541. The van der Waals surface area contributed by atoms with Crippen LogP contribution in [-0.4, -0.2) is 25.9 Å². The largest absolute Gasteiger partial charge is 0.497 e. The number of carbonyl (C=O) groups is 1. The Morgan fingerprint density at radius 3 is 2.00 bits per heavy atom. The first kappa shape index (κ1) is 14.9. The van der Waals surface area contributed by atoms with Gasteiger partial charge in [-0.15, -0.1) is 0 Å². The van der Waals surface area contributed by atoms with Crippen molar-refractivity contribution in [1.82, 2.24) is 5.43 Å². The highest BCUT2D eigenvalue weighted by molar-refractivity contribution is 5.70. The first-order valence-electron chi connectivity index (χ1n) is 5.82. The Kier molecular flexibility index (Phi) is 4.86. The van der Waals surface area contributed by atoms with Gasteiger partial charge in [-0.2, -0.15) is 0 Å². The van der Waals surface area contributed by atoms with Gasteiger partial charge in [0.1, 0.15) is 17.1 Å². The second-order valence-electron chi connectivity index (χ2n) is 4.85. The molecule has 19 heavy (non-hydrogen) atoms. The Morgan fingerprint density at radius 1 is 1.05 bits per heavy atom. The molecule has 0 radical (unpaired) electrons. The fraction of sp³-hybridized carbons (Fsp3) is 0.462. The molecule has 1 rings (SSSR count). The van der Waals surface area contributed by atoms with E-state index in [0.717, 1.165) is 0 Å². The van der Waals surface area contributed by atoms with Crippen molar-refractivity contribution in [2.45, 2.75) is 26.4 Å². The van der Waals surface area contributed by atoms with Gasteiger partial charge in [0.05, 0.1) is 19.9 Å². The Labute approximate surface area is 113 Å². The average Bonchev–Trinajstić information content (AvgIpc) is 2.33. The second kappa shape index (κ2) is 6.17. The summed E-state index contributed by atoms with van der Waals surface area (Å²) in [4.78, 5) is 11.5. The van der Waals surface area contributed by atoms with E-state index in [1.165, 1.54) is 0 Å². The Balaban J connectivity index is 2.64. The highest BCUT2D eigenvalue weighted by Gasteiger charge is 2.15. The van der Waals surface area contributed by atoms with Crippen LogP contribution >= 0.6 is 0 Å². The van der Waals surface area contributed by atoms with Crippen LogP contribution in [0.4, 0.5) is 10.5 Å². The van der Waals surface area contributed by atoms with Gasteiger partial charge in [-0.25, -0.2) is 10.2 Å². The second-order valence-corrected chi connectivity index (χ2v) is 4.85. The standard InChI is InChI=1S/C13H20N2O4/c1-13(2,3)19-12(16)15-14-9-6-10(17-4)8-11(7-9)18-5/h6-8,14H,1-5H3,(H,15,16). The number of anilines is 1. The normalized spacial score (nSPS) is 10.6. The lowest BCUT2D eigenvalue weighted by Gasteiger charge is -2.20. The van der Waals surface area contributed by atoms with Crippen LogP contribution in [0, 0.1) is 0 Å². The van der Waals surface area contributed by atoms with Gasteiger partial charge in [0.15, 0.2) is 0 Å².